The first kappa shape index (κ1) is 12.2. The predicted octanol–water partition coefficient (Wildman–Crippen LogP) is 4.13. The van der Waals surface area contributed by atoms with Crippen molar-refractivity contribution in [2.75, 3.05) is 0 Å². The molecule has 0 bridgehead atoms. The summed E-state index contributed by atoms with van der Waals surface area (Å²) in [5.41, 5.74) is 1.09. The standard InChI is InChI=1S/C13H12ClO2P/c1-11-7-9-13(10-8-11)17(14,15)16-12-5-3-2-4-6-12/h2-10H,1H3. The summed E-state index contributed by atoms with van der Waals surface area (Å²) in [5.74, 6) is 0.506. The van der Waals surface area contributed by atoms with Crippen LogP contribution in [0.5, 0.6) is 5.75 Å². The molecule has 0 aliphatic heterocycles. The number of hydrogen-bond acceptors (Lipinski definition) is 2. The van der Waals surface area contributed by atoms with E-state index in [1.54, 1.807) is 36.4 Å². The Kier molecular flexibility index (Phi) is 3.56. The van der Waals surface area contributed by atoms with Crippen LogP contribution < -0.4 is 9.83 Å². The molecule has 0 fully saturated rings. The van der Waals surface area contributed by atoms with Crippen molar-refractivity contribution in [3.8, 4) is 5.75 Å². The lowest BCUT2D eigenvalue weighted by Crippen LogP contribution is -2.05. The number of hydrogen-bond donors (Lipinski definition) is 0. The maximum atomic E-state index is 12.2. The zero-order valence-corrected chi connectivity index (χ0v) is 11.0. The Hall–Kier alpha value is -1.24. The van der Waals surface area contributed by atoms with Crippen molar-refractivity contribution in [1.82, 2.24) is 0 Å². The second-order valence-corrected chi connectivity index (χ2v) is 6.71. The topological polar surface area (TPSA) is 26.3 Å². The average Bonchev–Trinajstić information content (AvgIpc) is 2.30. The minimum Gasteiger partial charge on any atom is -0.430 e. The highest BCUT2D eigenvalue weighted by Gasteiger charge is 2.23. The molecule has 17 heavy (non-hydrogen) atoms. The molecular weight excluding hydrogens is 255 g/mol. The number of benzene rings is 2. The van der Waals surface area contributed by atoms with Gasteiger partial charge in [-0.2, -0.15) is 0 Å². The van der Waals surface area contributed by atoms with Gasteiger partial charge in [0, 0.05) is 0 Å². The number of aryl methyl sites for hydroxylation is 1. The third-order valence-electron chi connectivity index (χ3n) is 2.31. The third kappa shape index (κ3) is 3.12. The maximum absolute atomic E-state index is 12.2. The van der Waals surface area contributed by atoms with Gasteiger partial charge in [-0.1, -0.05) is 35.9 Å². The minimum atomic E-state index is -3.31. The van der Waals surface area contributed by atoms with Crippen molar-refractivity contribution in [2.45, 2.75) is 6.92 Å². The molecule has 2 aromatic carbocycles. The van der Waals surface area contributed by atoms with E-state index in [9.17, 15) is 4.57 Å². The fourth-order valence-electron chi connectivity index (χ4n) is 1.39. The molecule has 0 spiro atoms. The Morgan fingerprint density at radius 2 is 1.59 bits per heavy atom. The first-order valence-electron chi connectivity index (χ1n) is 5.19. The quantitative estimate of drug-likeness (QED) is 0.781. The monoisotopic (exact) mass is 266 g/mol. The molecule has 4 heteroatoms. The van der Waals surface area contributed by atoms with E-state index in [-0.39, 0.29) is 0 Å². The molecule has 1 atom stereocenters. The van der Waals surface area contributed by atoms with Crippen LogP contribution in [0.3, 0.4) is 0 Å². The molecule has 2 nitrogen and oxygen atoms in total. The molecule has 0 heterocycles. The number of halogens is 1. The molecular formula is C13H12ClO2P. The summed E-state index contributed by atoms with van der Waals surface area (Å²) in [4.78, 5) is 0. The fourth-order valence-corrected chi connectivity index (χ4v) is 2.97. The second-order valence-electron chi connectivity index (χ2n) is 3.72. The van der Waals surface area contributed by atoms with Gasteiger partial charge in [0.15, 0.2) is 0 Å². The zero-order chi connectivity index (χ0) is 12.3. The van der Waals surface area contributed by atoms with Crippen molar-refractivity contribution in [2.24, 2.45) is 0 Å². The molecule has 0 saturated carbocycles. The van der Waals surface area contributed by atoms with Crippen LogP contribution in [0.1, 0.15) is 5.56 Å². The molecule has 0 aliphatic carbocycles. The summed E-state index contributed by atoms with van der Waals surface area (Å²) in [5, 5.41) is 0.508. The molecule has 0 aromatic heterocycles. The van der Waals surface area contributed by atoms with Gasteiger partial charge in [0.1, 0.15) is 5.75 Å². The smallest absolute Gasteiger partial charge is 0.366 e. The lowest BCUT2D eigenvalue weighted by atomic mass is 10.2. The van der Waals surface area contributed by atoms with Crippen molar-refractivity contribution in [1.29, 1.82) is 0 Å². The van der Waals surface area contributed by atoms with Gasteiger partial charge in [0.05, 0.1) is 5.30 Å². The highest BCUT2D eigenvalue weighted by molar-refractivity contribution is 7.91. The summed E-state index contributed by atoms with van der Waals surface area (Å²) in [6.07, 6.45) is 0. The molecule has 1 unspecified atom stereocenters. The van der Waals surface area contributed by atoms with E-state index >= 15 is 0 Å². The summed E-state index contributed by atoms with van der Waals surface area (Å²) < 4.78 is 17.6. The number of rotatable bonds is 3. The molecule has 2 rings (SSSR count). The Balaban J connectivity index is 2.25. The van der Waals surface area contributed by atoms with Crippen LogP contribution in [0, 0.1) is 6.92 Å². The van der Waals surface area contributed by atoms with Gasteiger partial charge >= 0.3 is 6.72 Å². The van der Waals surface area contributed by atoms with Crippen LogP contribution in [0.15, 0.2) is 54.6 Å². The normalized spacial score (nSPS) is 14.0. The van der Waals surface area contributed by atoms with Crippen LogP contribution in [-0.2, 0) is 4.57 Å². The summed E-state index contributed by atoms with van der Waals surface area (Å²) in [6.45, 7) is -1.36. The van der Waals surface area contributed by atoms with Gasteiger partial charge < -0.3 is 4.52 Å². The van der Waals surface area contributed by atoms with Crippen molar-refractivity contribution in [3.05, 3.63) is 60.2 Å². The van der Waals surface area contributed by atoms with Crippen LogP contribution in [0.4, 0.5) is 0 Å². The Morgan fingerprint density at radius 3 is 2.18 bits per heavy atom. The van der Waals surface area contributed by atoms with Gasteiger partial charge in [-0.25, -0.2) is 0 Å². The third-order valence-corrected chi connectivity index (χ3v) is 4.46. The van der Waals surface area contributed by atoms with Gasteiger partial charge in [-0.05, 0) is 42.4 Å². The average molecular weight is 267 g/mol. The largest absolute Gasteiger partial charge is 0.430 e. The maximum Gasteiger partial charge on any atom is 0.366 e. The SMILES string of the molecule is Cc1ccc(P(=O)(Cl)Oc2ccccc2)cc1. The highest BCUT2D eigenvalue weighted by Crippen LogP contribution is 2.50. The molecule has 88 valence electrons. The Bertz CT molecular complexity index is 537. The first-order chi connectivity index (χ1) is 8.08. The van der Waals surface area contributed by atoms with E-state index in [1.165, 1.54) is 0 Å². The van der Waals surface area contributed by atoms with Crippen molar-refractivity contribution >= 4 is 23.3 Å². The summed E-state index contributed by atoms with van der Waals surface area (Å²) >= 11 is 5.98. The molecule has 0 amide bonds. The lowest BCUT2D eigenvalue weighted by molar-refractivity contribution is 0.508. The van der Waals surface area contributed by atoms with Crippen LogP contribution in [0.25, 0.3) is 0 Å². The molecule has 0 radical (unpaired) electrons. The van der Waals surface area contributed by atoms with Crippen LogP contribution in [0.2, 0.25) is 0 Å². The second kappa shape index (κ2) is 4.95. The molecule has 2 aromatic rings. The Morgan fingerprint density at radius 1 is 1.00 bits per heavy atom. The van der Waals surface area contributed by atoms with Gasteiger partial charge in [-0.15, -0.1) is 0 Å². The van der Waals surface area contributed by atoms with E-state index < -0.39 is 6.72 Å². The van der Waals surface area contributed by atoms with E-state index in [0.29, 0.717) is 11.1 Å². The predicted molar refractivity (Wildman–Crippen MR) is 71.3 cm³/mol. The van der Waals surface area contributed by atoms with E-state index in [2.05, 4.69) is 0 Å². The first-order valence-corrected chi connectivity index (χ1v) is 7.72. The van der Waals surface area contributed by atoms with Gasteiger partial charge in [0.2, 0.25) is 0 Å². The van der Waals surface area contributed by atoms with Crippen molar-refractivity contribution < 1.29 is 9.09 Å². The fraction of sp³-hybridized carbons (Fsp3) is 0.0769. The van der Waals surface area contributed by atoms with E-state index in [0.717, 1.165) is 5.56 Å². The molecule has 0 N–H and O–H groups in total. The summed E-state index contributed by atoms with van der Waals surface area (Å²) in [6, 6.07) is 16.1. The molecule has 0 aliphatic rings. The minimum absolute atomic E-state index is 0.506. The van der Waals surface area contributed by atoms with Crippen LogP contribution in [-0.4, -0.2) is 0 Å². The Labute approximate surface area is 105 Å². The molecule has 0 saturated heterocycles. The highest BCUT2D eigenvalue weighted by atomic mass is 35.7. The van der Waals surface area contributed by atoms with E-state index in [4.69, 9.17) is 15.8 Å². The van der Waals surface area contributed by atoms with Crippen molar-refractivity contribution in [3.63, 3.8) is 0 Å². The summed E-state index contributed by atoms with van der Waals surface area (Å²) in [7, 11) is 0. The van der Waals surface area contributed by atoms with Crippen LogP contribution >= 0.6 is 18.0 Å². The zero-order valence-electron chi connectivity index (χ0n) is 9.34. The van der Waals surface area contributed by atoms with E-state index in [1.807, 2.05) is 25.1 Å². The lowest BCUT2D eigenvalue weighted by Gasteiger charge is -2.12. The number of para-hydroxylation sites is 1. The van der Waals surface area contributed by atoms with Gasteiger partial charge in [0.25, 0.3) is 0 Å². The van der Waals surface area contributed by atoms with Gasteiger partial charge in [-0.3, -0.25) is 4.57 Å².